The number of benzene rings is 1. The van der Waals surface area contributed by atoms with Crippen LogP contribution < -0.4 is 4.74 Å². The average Bonchev–Trinajstić information content (AvgIpc) is 2.36. The molecule has 2 aromatic rings. The molecule has 0 unspecified atom stereocenters. The van der Waals surface area contributed by atoms with Gasteiger partial charge in [0, 0.05) is 16.8 Å². The molecule has 0 fully saturated rings. The molecule has 0 aliphatic carbocycles. The highest BCUT2D eigenvalue weighted by molar-refractivity contribution is 6.17. The first-order valence-corrected chi connectivity index (χ1v) is 5.84. The van der Waals surface area contributed by atoms with Crippen molar-refractivity contribution < 1.29 is 4.74 Å². The van der Waals surface area contributed by atoms with Crippen molar-refractivity contribution in [1.29, 1.82) is 0 Å². The maximum Gasteiger partial charge on any atom is 0.216 e. The summed E-state index contributed by atoms with van der Waals surface area (Å²) in [5.74, 6) is 1.22. The Morgan fingerprint density at radius 3 is 2.75 bits per heavy atom. The molecule has 16 heavy (non-hydrogen) atoms. The molecule has 0 bridgehead atoms. The zero-order chi connectivity index (χ0) is 11.5. The molecule has 1 aromatic heterocycles. The molecule has 0 aliphatic heterocycles. The molecule has 1 heterocycles. The van der Waals surface area contributed by atoms with Crippen molar-refractivity contribution in [2.45, 2.75) is 19.2 Å². The normalized spacial score (nSPS) is 10.7. The lowest BCUT2D eigenvalue weighted by atomic mass is 10.1. The number of ether oxygens (including phenoxy) is 1. The topological polar surface area (TPSA) is 22.1 Å². The smallest absolute Gasteiger partial charge is 0.216 e. The van der Waals surface area contributed by atoms with E-state index in [1.165, 1.54) is 0 Å². The van der Waals surface area contributed by atoms with Gasteiger partial charge in [-0.25, -0.2) is 4.98 Å². The number of methoxy groups -OCH3 is 1. The maximum absolute atomic E-state index is 5.80. The third-order valence-electron chi connectivity index (χ3n) is 2.65. The number of hydrogen-bond acceptors (Lipinski definition) is 2. The van der Waals surface area contributed by atoms with E-state index in [0.717, 1.165) is 28.5 Å². The lowest BCUT2D eigenvalue weighted by Gasteiger charge is -2.08. The summed E-state index contributed by atoms with van der Waals surface area (Å²) in [4.78, 5) is 4.49. The Morgan fingerprint density at radius 2 is 2.12 bits per heavy atom. The third-order valence-corrected chi connectivity index (χ3v) is 2.96. The number of nitrogens with zero attached hydrogens (tertiary/aromatic N) is 1. The van der Waals surface area contributed by atoms with Gasteiger partial charge in [-0.1, -0.05) is 19.1 Å². The minimum absolute atomic E-state index is 0.509. The van der Waals surface area contributed by atoms with Crippen LogP contribution in [0.25, 0.3) is 10.9 Å². The van der Waals surface area contributed by atoms with E-state index in [1.54, 1.807) is 7.11 Å². The summed E-state index contributed by atoms with van der Waals surface area (Å²) < 4.78 is 5.27. The SMILES string of the molecule is CCc1cc2ccc(CCl)cc2nc1OC. The molecule has 0 radical (unpaired) electrons. The predicted molar refractivity (Wildman–Crippen MR) is 67.2 cm³/mol. The highest BCUT2D eigenvalue weighted by Crippen LogP contribution is 2.23. The van der Waals surface area contributed by atoms with E-state index in [-0.39, 0.29) is 0 Å². The van der Waals surface area contributed by atoms with E-state index >= 15 is 0 Å². The van der Waals surface area contributed by atoms with Crippen LogP contribution in [-0.2, 0) is 12.3 Å². The highest BCUT2D eigenvalue weighted by atomic mass is 35.5. The molecule has 0 saturated heterocycles. The summed E-state index contributed by atoms with van der Waals surface area (Å²) >= 11 is 5.80. The van der Waals surface area contributed by atoms with Gasteiger partial charge in [0.15, 0.2) is 0 Å². The molecule has 0 atom stereocenters. The first kappa shape index (κ1) is 11.2. The van der Waals surface area contributed by atoms with Gasteiger partial charge in [-0.15, -0.1) is 11.6 Å². The maximum atomic E-state index is 5.80. The number of alkyl halides is 1. The lowest BCUT2D eigenvalue weighted by Crippen LogP contribution is -1.95. The van der Waals surface area contributed by atoms with E-state index in [1.807, 2.05) is 12.1 Å². The molecule has 2 rings (SSSR count). The molecule has 84 valence electrons. The van der Waals surface area contributed by atoms with E-state index < -0.39 is 0 Å². The number of aryl methyl sites for hydroxylation is 1. The van der Waals surface area contributed by atoms with Crippen LogP contribution in [-0.4, -0.2) is 12.1 Å². The monoisotopic (exact) mass is 235 g/mol. The van der Waals surface area contributed by atoms with Crippen molar-refractivity contribution in [3.63, 3.8) is 0 Å². The molecule has 0 saturated carbocycles. The first-order valence-electron chi connectivity index (χ1n) is 5.31. The lowest BCUT2D eigenvalue weighted by molar-refractivity contribution is 0.395. The minimum Gasteiger partial charge on any atom is -0.481 e. The van der Waals surface area contributed by atoms with E-state index in [2.05, 4.69) is 24.0 Å². The van der Waals surface area contributed by atoms with Crippen molar-refractivity contribution >= 4 is 22.5 Å². The van der Waals surface area contributed by atoms with Gasteiger partial charge in [0.05, 0.1) is 12.6 Å². The second-order valence-electron chi connectivity index (χ2n) is 3.67. The van der Waals surface area contributed by atoms with Crippen molar-refractivity contribution in [3.8, 4) is 5.88 Å². The van der Waals surface area contributed by atoms with Crippen molar-refractivity contribution in [2.75, 3.05) is 7.11 Å². The molecular formula is C13H14ClNO. The zero-order valence-corrected chi connectivity index (χ0v) is 10.2. The Bertz CT molecular complexity index is 511. The molecule has 0 aliphatic rings. The van der Waals surface area contributed by atoms with E-state index in [9.17, 15) is 0 Å². The van der Waals surface area contributed by atoms with Crippen molar-refractivity contribution in [3.05, 3.63) is 35.4 Å². The van der Waals surface area contributed by atoms with Gasteiger partial charge >= 0.3 is 0 Å². The van der Waals surface area contributed by atoms with Crippen LogP contribution >= 0.6 is 11.6 Å². The quantitative estimate of drug-likeness (QED) is 0.760. The minimum atomic E-state index is 0.509. The summed E-state index contributed by atoms with van der Waals surface area (Å²) in [5.41, 5.74) is 3.15. The van der Waals surface area contributed by atoms with Crippen LogP contribution in [0.2, 0.25) is 0 Å². The molecular weight excluding hydrogens is 222 g/mol. The fraction of sp³-hybridized carbons (Fsp3) is 0.308. The van der Waals surface area contributed by atoms with Gasteiger partial charge in [0.2, 0.25) is 5.88 Å². The summed E-state index contributed by atoms with van der Waals surface area (Å²) in [6.07, 6.45) is 0.920. The highest BCUT2D eigenvalue weighted by Gasteiger charge is 2.06. The number of hydrogen-bond donors (Lipinski definition) is 0. The molecule has 1 aromatic carbocycles. The van der Waals surface area contributed by atoms with Crippen LogP contribution in [0.15, 0.2) is 24.3 Å². The Balaban J connectivity index is 2.63. The second kappa shape index (κ2) is 4.71. The Hall–Kier alpha value is -1.28. The van der Waals surface area contributed by atoms with Crippen LogP contribution in [0.1, 0.15) is 18.1 Å². The van der Waals surface area contributed by atoms with Gasteiger partial charge < -0.3 is 4.74 Å². The molecule has 2 nitrogen and oxygen atoms in total. The van der Waals surface area contributed by atoms with Gasteiger partial charge in [-0.05, 0) is 24.1 Å². The molecule has 0 amide bonds. The van der Waals surface area contributed by atoms with Crippen molar-refractivity contribution in [1.82, 2.24) is 4.98 Å². The van der Waals surface area contributed by atoms with Crippen LogP contribution in [0.5, 0.6) is 5.88 Å². The van der Waals surface area contributed by atoms with Gasteiger partial charge in [0.25, 0.3) is 0 Å². The third kappa shape index (κ3) is 1.98. The fourth-order valence-corrected chi connectivity index (χ4v) is 1.92. The van der Waals surface area contributed by atoms with Crippen LogP contribution in [0, 0.1) is 0 Å². The number of pyridine rings is 1. The molecule has 3 heteroatoms. The first-order chi connectivity index (χ1) is 7.78. The summed E-state index contributed by atoms with van der Waals surface area (Å²) in [6, 6.07) is 8.21. The average molecular weight is 236 g/mol. The second-order valence-corrected chi connectivity index (χ2v) is 3.94. The number of rotatable bonds is 3. The number of fused-ring (bicyclic) bond motifs is 1. The summed E-state index contributed by atoms with van der Waals surface area (Å²) in [6.45, 7) is 2.10. The predicted octanol–water partition coefficient (Wildman–Crippen LogP) is 3.54. The van der Waals surface area contributed by atoms with Crippen LogP contribution in [0.3, 0.4) is 0 Å². The van der Waals surface area contributed by atoms with Gasteiger partial charge in [-0.3, -0.25) is 0 Å². The van der Waals surface area contributed by atoms with E-state index in [4.69, 9.17) is 16.3 Å². The number of halogens is 1. The molecule has 0 spiro atoms. The number of aromatic nitrogens is 1. The Kier molecular flexibility index (Phi) is 3.30. The fourth-order valence-electron chi connectivity index (χ4n) is 1.75. The van der Waals surface area contributed by atoms with Crippen molar-refractivity contribution in [2.24, 2.45) is 0 Å². The van der Waals surface area contributed by atoms with Crippen LogP contribution in [0.4, 0.5) is 0 Å². The van der Waals surface area contributed by atoms with E-state index in [0.29, 0.717) is 11.8 Å². The summed E-state index contributed by atoms with van der Waals surface area (Å²) in [5, 5.41) is 1.13. The van der Waals surface area contributed by atoms with Gasteiger partial charge in [0.1, 0.15) is 0 Å². The largest absolute Gasteiger partial charge is 0.481 e. The molecule has 0 N–H and O–H groups in total. The summed E-state index contributed by atoms with van der Waals surface area (Å²) in [7, 11) is 1.65. The standard InChI is InChI=1S/C13H14ClNO/c1-3-10-7-11-5-4-9(8-14)6-12(11)15-13(10)16-2/h4-7H,3,8H2,1-2H3. The Morgan fingerprint density at radius 1 is 1.31 bits per heavy atom. The van der Waals surface area contributed by atoms with Gasteiger partial charge in [-0.2, -0.15) is 0 Å². The zero-order valence-electron chi connectivity index (χ0n) is 9.46. The Labute approximate surface area is 100 Å².